The van der Waals surface area contributed by atoms with Crippen LogP contribution in [-0.2, 0) is 12.0 Å². The summed E-state index contributed by atoms with van der Waals surface area (Å²) in [5, 5.41) is 9.75. The molecule has 0 spiro atoms. The molecule has 19 heavy (non-hydrogen) atoms. The largest absolute Gasteiger partial charge is 0.508 e. The van der Waals surface area contributed by atoms with E-state index in [2.05, 4.69) is 32.0 Å². The van der Waals surface area contributed by atoms with E-state index in [0.717, 1.165) is 12.0 Å². The van der Waals surface area contributed by atoms with Gasteiger partial charge in [-0.3, -0.25) is 0 Å². The molecule has 98 valence electrons. The predicted molar refractivity (Wildman–Crippen MR) is 77.0 cm³/mol. The van der Waals surface area contributed by atoms with Crippen molar-refractivity contribution in [1.82, 2.24) is 0 Å². The second kappa shape index (κ2) is 3.84. The fourth-order valence-corrected chi connectivity index (χ4v) is 3.34. The van der Waals surface area contributed by atoms with Gasteiger partial charge in [0.2, 0.25) is 0 Å². The van der Waals surface area contributed by atoms with Crippen LogP contribution in [0.2, 0.25) is 0 Å². The highest BCUT2D eigenvalue weighted by Crippen LogP contribution is 2.52. The van der Waals surface area contributed by atoms with E-state index in [0.29, 0.717) is 0 Å². The lowest BCUT2D eigenvalue weighted by atomic mass is 9.69. The molecule has 0 radical (unpaired) electrons. The minimum absolute atomic E-state index is 0.0789. The Kier molecular flexibility index (Phi) is 2.48. The average Bonchev–Trinajstić information content (AvgIpc) is 2.58. The quantitative estimate of drug-likeness (QED) is 0.820. The van der Waals surface area contributed by atoms with Crippen molar-refractivity contribution in [2.75, 3.05) is 0 Å². The Bertz CT molecular complexity index is 633. The molecular weight excluding hydrogens is 234 g/mol. The topological polar surface area (TPSA) is 46.2 Å². The Balaban J connectivity index is 2.26. The molecule has 0 amide bonds. The minimum Gasteiger partial charge on any atom is -0.508 e. The van der Waals surface area contributed by atoms with E-state index in [4.69, 9.17) is 5.73 Å². The van der Waals surface area contributed by atoms with Crippen LogP contribution >= 0.6 is 0 Å². The summed E-state index contributed by atoms with van der Waals surface area (Å²) >= 11 is 0. The highest BCUT2D eigenvalue weighted by molar-refractivity contribution is 5.51. The van der Waals surface area contributed by atoms with Crippen LogP contribution < -0.4 is 5.73 Å². The fraction of sp³-hybridized carbons (Fsp3) is 0.294. The van der Waals surface area contributed by atoms with Crippen LogP contribution in [0.4, 0.5) is 0 Å². The second-order valence-corrected chi connectivity index (χ2v) is 6.08. The Morgan fingerprint density at radius 1 is 1.05 bits per heavy atom. The van der Waals surface area contributed by atoms with E-state index in [-0.39, 0.29) is 11.2 Å². The molecule has 1 aliphatic rings. The molecule has 0 fully saturated rings. The number of fused-ring (bicyclic) bond motifs is 1. The van der Waals surface area contributed by atoms with Crippen molar-refractivity contribution in [3.8, 4) is 5.75 Å². The summed E-state index contributed by atoms with van der Waals surface area (Å²) in [6, 6.07) is 15.7. The Hall–Kier alpha value is -1.80. The predicted octanol–water partition coefficient (Wildman–Crippen LogP) is 3.18. The normalized spacial score (nSPS) is 24.2. The molecule has 2 aromatic carbocycles. The smallest absolute Gasteiger partial charge is 0.115 e. The van der Waals surface area contributed by atoms with Gasteiger partial charge in [-0.25, -0.2) is 0 Å². The van der Waals surface area contributed by atoms with Crippen molar-refractivity contribution in [3.63, 3.8) is 0 Å². The SMILES string of the molecule is CC1(C)Cc2ccccc2C1(N)c1cccc(O)c1. The molecule has 0 saturated carbocycles. The van der Waals surface area contributed by atoms with E-state index in [9.17, 15) is 5.11 Å². The van der Waals surface area contributed by atoms with Crippen molar-refractivity contribution in [1.29, 1.82) is 0 Å². The van der Waals surface area contributed by atoms with Gasteiger partial charge in [0.05, 0.1) is 5.54 Å². The second-order valence-electron chi connectivity index (χ2n) is 6.08. The standard InChI is InChI=1S/C17H19NO/c1-16(2)11-12-6-3-4-9-15(12)17(16,18)13-7-5-8-14(19)10-13/h3-10,19H,11,18H2,1-2H3. The number of phenols is 1. The van der Waals surface area contributed by atoms with E-state index >= 15 is 0 Å². The molecule has 2 nitrogen and oxygen atoms in total. The minimum atomic E-state index is -0.553. The highest BCUT2D eigenvalue weighted by Gasteiger charge is 2.50. The average molecular weight is 253 g/mol. The first-order chi connectivity index (χ1) is 8.95. The molecule has 2 aromatic rings. The first kappa shape index (κ1) is 12.2. The third-order valence-corrected chi connectivity index (χ3v) is 4.44. The molecule has 0 saturated heterocycles. The van der Waals surface area contributed by atoms with Crippen molar-refractivity contribution in [3.05, 3.63) is 65.2 Å². The van der Waals surface area contributed by atoms with E-state index in [1.165, 1.54) is 11.1 Å². The summed E-state index contributed by atoms with van der Waals surface area (Å²) in [6.45, 7) is 4.38. The van der Waals surface area contributed by atoms with Gasteiger partial charge in [-0.05, 0) is 40.7 Å². The van der Waals surface area contributed by atoms with Crippen LogP contribution in [0.15, 0.2) is 48.5 Å². The lowest BCUT2D eigenvalue weighted by molar-refractivity contribution is 0.233. The molecule has 1 aliphatic carbocycles. The molecule has 0 heterocycles. The van der Waals surface area contributed by atoms with Crippen LogP contribution in [0.5, 0.6) is 5.75 Å². The molecule has 2 heteroatoms. The van der Waals surface area contributed by atoms with Gasteiger partial charge in [0.1, 0.15) is 5.75 Å². The zero-order valence-electron chi connectivity index (χ0n) is 11.4. The number of hydrogen-bond donors (Lipinski definition) is 2. The number of rotatable bonds is 1. The molecule has 0 aromatic heterocycles. The van der Waals surface area contributed by atoms with Crippen LogP contribution in [-0.4, -0.2) is 5.11 Å². The Morgan fingerprint density at radius 2 is 1.79 bits per heavy atom. The third-order valence-electron chi connectivity index (χ3n) is 4.44. The molecule has 0 bridgehead atoms. The highest BCUT2D eigenvalue weighted by atomic mass is 16.3. The molecule has 0 aliphatic heterocycles. The van der Waals surface area contributed by atoms with Gasteiger partial charge in [0.25, 0.3) is 0 Å². The number of hydrogen-bond acceptors (Lipinski definition) is 2. The maximum absolute atomic E-state index is 9.75. The summed E-state index contributed by atoms with van der Waals surface area (Å²) in [5.74, 6) is 0.266. The summed E-state index contributed by atoms with van der Waals surface area (Å²) in [6.07, 6.45) is 0.954. The summed E-state index contributed by atoms with van der Waals surface area (Å²) < 4.78 is 0. The molecule has 3 rings (SSSR count). The summed E-state index contributed by atoms with van der Waals surface area (Å²) in [7, 11) is 0. The van der Waals surface area contributed by atoms with Crippen molar-refractivity contribution < 1.29 is 5.11 Å². The Labute approximate surface area is 113 Å². The van der Waals surface area contributed by atoms with E-state index < -0.39 is 5.54 Å². The van der Waals surface area contributed by atoms with Crippen LogP contribution in [0.25, 0.3) is 0 Å². The van der Waals surface area contributed by atoms with Gasteiger partial charge in [0.15, 0.2) is 0 Å². The van der Waals surface area contributed by atoms with Crippen molar-refractivity contribution in [2.45, 2.75) is 25.8 Å². The van der Waals surface area contributed by atoms with Crippen LogP contribution in [0, 0.1) is 5.41 Å². The lowest BCUT2D eigenvalue weighted by Gasteiger charge is -2.39. The Morgan fingerprint density at radius 3 is 2.53 bits per heavy atom. The van der Waals surface area contributed by atoms with Gasteiger partial charge in [-0.2, -0.15) is 0 Å². The lowest BCUT2D eigenvalue weighted by Crippen LogP contribution is -2.47. The first-order valence-electron chi connectivity index (χ1n) is 6.62. The van der Waals surface area contributed by atoms with Crippen LogP contribution in [0.3, 0.4) is 0 Å². The van der Waals surface area contributed by atoms with Gasteiger partial charge in [-0.1, -0.05) is 50.2 Å². The molecule has 3 N–H and O–H groups in total. The van der Waals surface area contributed by atoms with Gasteiger partial charge in [-0.15, -0.1) is 0 Å². The molecule has 1 unspecified atom stereocenters. The van der Waals surface area contributed by atoms with Crippen molar-refractivity contribution >= 4 is 0 Å². The summed E-state index contributed by atoms with van der Waals surface area (Å²) in [5.41, 5.74) is 9.65. The maximum atomic E-state index is 9.75. The van der Waals surface area contributed by atoms with Crippen molar-refractivity contribution in [2.24, 2.45) is 11.1 Å². The number of nitrogens with two attached hydrogens (primary N) is 1. The molecule has 1 atom stereocenters. The fourth-order valence-electron chi connectivity index (χ4n) is 3.34. The zero-order valence-corrected chi connectivity index (χ0v) is 11.4. The first-order valence-corrected chi connectivity index (χ1v) is 6.62. The van der Waals surface area contributed by atoms with Gasteiger partial charge in [0, 0.05) is 0 Å². The van der Waals surface area contributed by atoms with E-state index in [1.807, 2.05) is 18.2 Å². The maximum Gasteiger partial charge on any atom is 0.115 e. The summed E-state index contributed by atoms with van der Waals surface area (Å²) in [4.78, 5) is 0. The number of benzene rings is 2. The van der Waals surface area contributed by atoms with Gasteiger partial charge < -0.3 is 10.8 Å². The van der Waals surface area contributed by atoms with Crippen LogP contribution in [0.1, 0.15) is 30.5 Å². The number of aromatic hydroxyl groups is 1. The van der Waals surface area contributed by atoms with Gasteiger partial charge >= 0.3 is 0 Å². The monoisotopic (exact) mass is 253 g/mol. The zero-order chi connectivity index (χ0) is 13.7. The number of phenolic OH excluding ortho intramolecular Hbond substituents is 1. The third kappa shape index (κ3) is 1.60. The van der Waals surface area contributed by atoms with E-state index in [1.54, 1.807) is 12.1 Å². The molecular formula is C17H19NO.